The highest BCUT2D eigenvalue weighted by atomic mass is 35.5. The van der Waals surface area contributed by atoms with Crippen molar-refractivity contribution in [1.29, 1.82) is 0 Å². The Hall–Kier alpha value is -2.20. The molecule has 0 unspecified atom stereocenters. The fraction of sp³-hybridized carbons (Fsp3) is 0.0625. The zero-order valence-corrected chi connectivity index (χ0v) is 11.6. The number of fused-ring (bicyclic) bond motifs is 1. The molecule has 0 saturated carbocycles. The average Bonchev–Trinajstić information content (AvgIpc) is 2.48. The summed E-state index contributed by atoms with van der Waals surface area (Å²) in [6.07, 6.45) is 0. The molecule has 1 heterocycles. The highest BCUT2D eigenvalue weighted by Crippen LogP contribution is 2.31. The molecule has 5 heteroatoms. The summed E-state index contributed by atoms with van der Waals surface area (Å²) in [4.78, 5) is 3.13. The van der Waals surface area contributed by atoms with Gasteiger partial charge >= 0.3 is 0 Å². The van der Waals surface area contributed by atoms with Gasteiger partial charge in [0.15, 0.2) is 0 Å². The van der Waals surface area contributed by atoms with E-state index in [0.717, 1.165) is 16.8 Å². The van der Waals surface area contributed by atoms with Crippen LogP contribution in [0.3, 0.4) is 0 Å². The van der Waals surface area contributed by atoms with E-state index >= 15 is 0 Å². The van der Waals surface area contributed by atoms with Gasteiger partial charge in [-0.1, -0.05) is 35.9 Å². The van der Waals surface area contributed by atoms with E-state index in [9.17, 15) is 8.78 Å². The molecule has 0 N–H and O–H groups in total. The number of nitrogens with zero attached hydrogens (tertiary/aromatic N) is 1. The first-order valence-corrected chi connectivity index (χ1v) is 6.64. The summed E-state index contributed by atoms with van der Waals surface area (Å²) in [6.45, 7) is -0.0370. The van der Waals surface area contributed by atoms with E-state index in [1.54, 1.807) is 12.1 Å². The van der Waals surface area contributed by atoms with Gasteiger partial charge in [0.2, 0.25) is 11.9 Å². The molecule has 21 heavy (non-hydrogen) atoms. The van der Waals surface area contributed by atoms with Crippen LogP contribution >= 0.6 is 11.6 Å². The standard InChI is InChI=1S/C16H10ClF2NO/c17-13-6-7-14(12-4-2-1-3-11(12)13)21-9-10-5-8-15(18)20-16(10)19/h1-8H,9H2. The van der Waals surface area contributed by atoms with Crippen molar-refractivity contribution >= 4 is 22.4 Å². The molecule has 0 aliphatic heterocycles. The van der Waals surface area contributed by atoms with Gasteiger partial charge in [-0.05, 0) is 24.3 Å². The Kier molecular flexibility index (Phi) is 3.71. The van der Waals surface area contributed by atoms with Crippen molar-refractivity contribution in [2.24, 2.45) is 0 Å². The van der Waals surface area contributed by atoms with Gasteiger partial charge in [0.1, 0.15) is 12.4 Å². The van der Waals surface area contributed by atoms with Gasteiger partial charge in [0.25, 0.3) is 0 Å². The zero-order valence-electron chi connectivity index (χ0n) is 10.8. The molecule has 3 rings (SSSR count). The van der Waals surface area contributed by atoms with E-state index in [4.69, 9.17) is 16.3 Å². The van der Waals surface area contributed by atoms with Gasteiger partial charge in [-0.15, -0.1) is 0 Å². The zero-order chi connectivity index (χ0) is 14.8. The monoisotopic (exact) mass is 305 g/mol. The highest BCUT2D eigenvalue weighted by molar-refractivity contribution is 6.35. The van der Waals surface area contributed by atoms with Gasteiger partial charge < -0.3 is 4.74 Å². The van der Waals surface area contributed by atoms with Crippen LogP contribution in [0.25, 0.3) is 10.8 Å². The fourth-order valence-electron chi connectivity index (χ4n) is 2.06. The van der Waals surface area contributed by atoms with Crippen LogP contribution in [0.15, 0.2) is 48.5 Å². The number of rotatable bonds is 3. The van der Waals surface area contributed by atoms with Crippen molar-refractivity contribution < 1.29 is 13.5 Å². The van der Waals surface area contributed by atoms with Crippen LogP contribution in [0.4, 0.5) is 8.78 Å². The molecule has 0 fully saturated rings. The van der Waals surface area contributed by atoms with Crippen molar-refractivity contribution in [3.63, 3.8) is 0 Å². The fourth-order valence-corrected chi connectivity index (χ4v) is 2.29. The number of benzene rings is 2. The molecule has 0 spiro atoms. The van der Waals surface area contributed by atoms with E-state index < -0.39 is 11.9 Å². The third-order valence-electron chi connectivity index (χ3n) is 3.11. The minimum absolute atomic E-state index is 0.0370. The Morgan fingerprint density at radius 1 is 0.952 bits per heavy atom. The third kappa shape index (κ3) is 2.81. The Labute approximate surface area is 125 Å². The number of hydrogen-bond acceptors (Lipinski definition) is 2. The smallest absolute Gasteiger partial charge is 0.222 e. The second-order valence-electron chi connectivity index (χ2n) is 4.46. The van der Waals surface area contributed by atoms with Crippen molar-refractivity contribution in [3.8, 4) is 5.75 Å². The SMILES string of the molecule is Fc1ccc(COc2ccc(Cl)c3ccccc23)c(F)n1. The lowest BCUT2D eigenvalue weighted by Gasteiger charge is -2.10. The van der Waals surface area contributed by atoms with Gasteiger partial charge in [-0.2, -0.15) is 13.8 Å². The van der Waals surface area contributed by atoms with Crippen LogP contribution in [0.5, 0.6) is 5.75 Å². The van der Waals surface area contributed by atoms with E-state index in [-0.39, 0.29) is 12.2 Å². The summed E-state index contributed by atoms with van der Waals surface area (Å²) in [5, 5.41) is 2.31. The molecular weight excluding hydrogens is 296 g/mol. The molecular formula is C16H10ClF2NO. The van der Waals surface area contributed by atoms with Crippen LogP contribution in [0.2, 0.25) is 5.02 Å². The van der Waals surface area contributed by atoms with Gasteiger partial charge in [0, 0.05) is 21.4 Å². The third-order valence-corrected chi connectivity index (χ3v) is 3.44. The van der Waals surface area contributed by atoms with Crippen LogP contribution in [0, 0.1) is 11.9 Å². The van der Waals surface area contributed by atoms with E-state index in [0.29, 0.717) is 10.8 Å². The Bertz CT molecular complexity index is 807. The molecule has 3 aromatic rings. The van der Waals surface area contributed by atoms with Crippen molar-refractivity contribution in [1.82, 2.24) is 4.98 Å². The number of hydrogen-bond donors (Lipinski definition) is 0. The maximum absolute atomic E-state index is 13.5. The average molecular weight is 306 g/mol. The minimum Gasteiger partial charge on any atom is -0.488 e. The molecule has 0 saturated heterocycles. The largest absolute Gasteiger partial charge is 0.488 e. The van der Waals surface area contributed by atoms with Gasteiger partial charge in [0.05, 0.1) is 0 Å². The highest BCUT2D eigenvalue weighted by Gasteiger charge is 2.09. The van der Waals surface area contributed by atoms with Crippen LogP contribution in [-0.4, -0.2) is 4.98 Å². The van der Waals surface area contributed by atoms with Crippen molar-refractivity contribution in [2.45, 2.75) is 6.61 Å². The molecule has 0 aliphatic carbocycles. The van der Waals surface area contributed by atoms with Crippen LogP contribution in [-0.2, 0) is 6.61 Å². The summed E-state index contributed by atoms with van der Waals surface area (Å²) < 4.78 is 31.9. The lowest BCUT2D eigenvalue weighted by molar-refractivity contribution is 0.300. The first-order chi connectivity index (χ1) is 10.1. The first kappa shape index (κ1) is 13.8. The second kappa shape index (κ2) is 5.66. The second-order valence-corrected chi connectivity index (χ2v) is 4.87. The number of pyridine rings is 1. The maximum atomic E-state index is 13.5. The Morgan fingerprint density at radius 2 is 1.71 bits per heavy atom. The van der Waals surface area contributed by atoms with Crippen molar-refractivity contribution in [3.05, 3.63) is 71.0 Å². The molecule has 2 aromatic carbocycles. The van der Waals surface area contributed by atoms with Crippen molar-refractivity contribution in [2.75, 3.05) is 0 Å². The van der Waals surface area contributed by atoms with E-state index in [1.807, 2.05) is 24.3 Å². The Balaban J connectivity index is 1.90. The van der Waals surface area contributed by atoms with E-state index in [2.05, 4.69) is 4.98 Å². The molecule has 2 nitrogen and oxygen atoms in total. The number of aromatic nitrogens is 1. The van der Waals surface area contributed by atoms with Gasteiger partial charge in [-0.25, -0.2) is 0 Å². The van der Waals surface area contributed by atoms with Crippen LogP contribution < -0.4 is 4.74 Å². The topological polar surface area (TPSA) is 22.1 Å². The van der Waals surface area contributed by atoms with E-state index in [1.165, 1.54) is 6.07 Å². The lowest BCUT2D eigenvalue weighted by atomic mass is 10.1. The summed E-state index contributed by atoms with van der Waals surface area (Å²) in [5.74, 6) is -1.14. The molecule has 0 aliphatic rings. The normalized spacial score (nSPS) is 10.8. The van der Waals surface area contributed by atoms with Gasteiger partial charge in [-0.3, -0.25) is 0 Å². The lowest BCUT2D eigenvalue weighted by Crippen LogP contribution is -2.02. The summed E-state index contributed by atoms with van der Waals surface area (Å²) in [5.41, 5.74) is 0.190. The molecule has 0 radical (unpaired) electrons. The quantitative estimate of drug-likeness (QED) is 0.652. The first-order valence-electron chi connectivity index (χ1n) is 6.26. The molecule has 0 amide bonds. The summed E-state index contributed by atoms with van der Waals surface area (Å²) in [7, 11) is 0. The predicted octanol–water partition coefficient (Wildman–Crippen LogP) is 4.75. The van der Waals surface area contributed by atoms with Crippen LogP contribution in [0.1, 0.15) is 5.56 Å². The molecule has 0 bridgehead atoms. The summed E-state index contributed by atoms with van der Waals surface area (Å²) >= 11 is 6.12. The summed E-state index contributed by atoms with van der Waals surface area (Å²) in [6, 6.07) is 13.4. The molecule has 0 atom stereocenters. The predicted molar refractivity (Wildman–Crippen MR) is 77.4 cm³/mol. The molecule has 1 aromatic heterocycles. The number of ether oxygens (including phenoxy) is 1. The maximum Gasteiger partial charge on any atom is 0.222 e. The molecule has 106 valence electrons. The minimum atomic E-state index is -0.867. The Morgan fingerprint density at radius 3 is 2.48 bits per heavy atom. The number of halogens is 3.